The molecule has 0 aliphatic carbocycles. The van der Waals surface area contributed by atoms with Crippen LogP contribution in [-0.4, -0.2) is 43.3 Å². The van der Waals surface area contributed by atoms with Gasteiger partial charge in [-0.15, -0.1) is 0 Å². The summed E-state index contributed by atoms with van der Waals surface area (Å²) in [6.45, 7) is 4.31. The largest absolute Gasteiger partial charge is 0.342 e. The van der Waals surface area contributed by atoms with Gasteiger partial charge in [0.15, 0.2) is 9.84 Å². The van der Waals surface area contributed by atoms with Crippen LogP contribution < -0.4 is 0 Å². The molecule has 1 aliphatic rings. The Morgan fingerprint density at radius 3 is 2.21 bits per heavy atom. The van der Waals surface area contributed by atoms with E-state index in [1.54, 1.807) is 18.7 Å². The van der Waals surface area contributed by atoms with Crippen molar-refractivity contribution in [2.75, 3.05) is 18.8 Å². The Labute approximate surface area is 141 Å². The summed E-state index contributed by atoms with van der Waals surface area (Å²) in [4.78, 5) is 13.9. The van der Waals surface area contributed by atoms with Gasteiger partial charge in [0, 0.05) is 19.2 Å². The third-order valence-electron chi connectivity index (χ3n) is 4.43. The monoisotopic (exact) mass is 359 g/mol. The molecule has 1 fully saturated rings. The number of carbonyl (C=O) groups excluding carboxylic acids is 1. The van der Waals surface area contributed by atoms with Crippen molar-refractivity contribution in [1.29, 1.82) is 0 Å². The molecule has 1 saturated heterocycles. The fourth-order valence-corrected chi connectivity index (χ4v) is 4.24. The molecule has 2 rings (SSSR count). The second-order valence-electron chi connectivity index (χ2n) is 6.66. The zero-order valence-corrected chi connectivity index (χ0v) is 14.8. The number of nitrogens with zero attached hydrogens (tertiary/aromatic N) is 1. The third-order valence-corrected chi connectivity index (χ3v) is 6.80. The van der Waals surface area contributed by atoms with Crippen LogP contribution in [0.4, 0.5) is 8.78 Å². The van der Waals surface area contributed by atoms with Gasteiger partial charge in [0.1, 0.15) is 11.6 Å². The number of hydrogen-bond acceptors (Lipinski definition) is 3. The van der Waals surface area contributed by atoms with Gasteiger partial charge in [0.05, 0.1) is 17.4 Å². The maximum Gasteiger partial charge on any atom is 0.226 e. The summed E-state index contributed by atoms with van der Waals surface area (Å²) in [5, 5.41) is -0.389. The number of sulfone groups is 1. The quantitative estimate of drug-likeness (QED) is 0.812. The molecule has 1 heterocycles. The van der Waals surface area contributed by atoms with Crippen LogP contribution >= 0.6 is 0 Å². The number of rotatable bonds is 5. The second-order valence-corrected chi connectivity index (χ2v) is 9.26. The summed E-state index contributed by atoms with van der Waals surface area (Å²) in [5.74, 6) is -1.37. The molecule has 134 valence electrons. The van der Waals surface area contributed by atoms with Crippen LogP contribution in [0.25, 0.3) is 0 Å². The van der Waals surface area contributed by atoms with Crippen molar-refractivity contribution >= 4 is 15.7 Å². The second kappa shape index (κ2) is 7.59. The number of carbonyl (C=O) groups is 1. The number of amides is 1. The lowest BCUT2D eigenvalue weighted by molar-refractivity contribution is -0.131. The standard InChI is InChI=1S/C17H23F2NO3S/c1-12(2)24(22,23)11-13-3-5-20(6-4-13)17(21)9-14-7-15(18)10-16(19)8-14/h7-8,10,12-13H,3-6,9,11H2,1-2H3. The van der Waals surface area contributed by atoms with Crippen molar-refractivity contribution in [1.82, 2.24) is 4.90 Å². The van der Waals surface area contributed by atoms with E-state index in [9.17, 15) is 22.0 Å². The Bertz CT molecular complexity index is 676. The highest BCUT2D eigenvalue weighted by molar-refractivity contribution is 7.91. The van der Waals surface area contributed by atoms with Crippen LogP contribution in [0.5, 0.6) is 0 Å². The smallest absolute Gasteiger partial charge is 0.226 e. The maximum atomic E-state index is 13.2. The summed E-state index contributed by atoms with van der Waals surface area (Å²) in [5.41, 5.74) is 0.307. The Kier molecular flexibility index (Phi) is 5.96. The zero-order chi connectivity index (χ0) is 17.9. The molecule has 0 unspecified atom stereocenters. The molecule has 1 amide bonds. The number of piperidine rings is 1. The lowest BCUT2D eigenvalue weighted by Crippen LogP contribution is -2.41. The molecular weight excluding hydrogens is 336 g/mol. The van der Waals surface area contributed by atoms with Crippen molar-refractivity contribution in [3.63, 3.8) is 0 Å². The Morgan fingerprint density at radius 1 is 1.17 bits per heavy atom. The first kappa shape index (κ1) is 18.8. The molecule has 1 aromatic rings. The molecule has 0 aromatic heterocycles. The van der Waals surface area contributed by atoms with Crippen LogP contribution in [-0.2, 0) is 21.1 Å². The van der Waals surface area contributed by atoms with E-state index < -0.39 is 21.5 Å². The Balaban J connectivity index is 1.89. The van der Waals surface area contributed by atoms with Crippen LogP contribution in [0, 0.1) is 17.6 Å². The number of halogens is 2. The van der Waals surface area contributed by atoms with Crippen molar-refractivity contribution in [3.05, 3.63) is 35.4 Å². The zero-order valence-electron chi connectivity index (χ0n) is 14.0. The molecule has 24 heavy (non-hydrogen) atoms. The molecule has 4 nitrogen and oxygen atoms in total. The van der Waals surface area contributed by atoms with Gasteiger partial charge in [0.25, 0.3) is 0 Å². The van der Waals surface area contributed by atoms with Crippen molar-refractivity contribution in [2.24, 2.45) is 5.92 Å². The maximum absolute atomic E-state index is 13.2. The van der Waals surface area contributed by atoms with Crippen LogP contribution in [0.2, 0.25) is 0 Å². The fraction of sp³-hybridized carbons (Fsp3) is 0.588. The minimum atomic E-state index is -3.08. The molecule has 0 spiro atoms. The number of likely N-dealkylation sites (tertiary alicyclic amines) is 1. The van der Waals surface area contributed by atoms with Gasteiger partial charge < -0.3 is 4.90 Å². The summed E-state index contributed by atoms with van der Waals surface area (Å²) in [7, 11) is -3.08. The van der Waals surface area contributed by atoms with Gasteiger partial charge in [-0.25, -0.2) is 17.2 Å². The van der Waals surface area contributed by atoms with E-state index in [-0.39, 0.29) is 29.2 Å². The summed E-state index contributed by atoms with van der Waals surface area (Å²) in [6, 6.07) is 3.08. The highest BCUT2D eigenvalue weighted by atomic mass is 32.2. The van der Waals surface area contributed by atoms with Crippen LogP contribution in [0.15, 0.2) is 18.2 Å². The molecule has 0 atom stereocenters. The number of benzene rings is 1. The molecule has 7 heteroatoms. The van der Waals surface area contributed by atoms with E-state index in [1.165, 1.54) is 0 Å². The Morgan fingerprint density at radius 2 is 1.71 bits per heavy atom. The predicted octanol–water partition coefficient (Wildman–Crippen LogP) is 2.57. The van der Waals surface area contributed by atoms with E-state index in [4.69, 9.17) is 0 Å². The molecular formula is C17H23F2NO3S. The highest BCUT2D eigenvalue weighted by Crippen LogP contribution is 2.21. The first-order valence-electron chi connectivity index (χ1n) is 8.11. The molecule has 0 saturated carbocycles. The van der Waals surface area contributed by atoms with Gasteiger partial charge >= 0.3 is 0 Å². The van der Waals surface area contributed by atoms with Crippen molar-refractivity contribution in [2.45, 2.75) is 38.4 Å². The average molecular weight is 359 g/mol. The van der Waals surface area contributed by atoms with Crippen molar-refractivity contribution < 1.29 is 22.0 Å². The van der Waals surface area contributed by atoms with Crippen LogP contribution in [0.1, 0.15) is 32.3 Å². The van der Waals surface area contributed by atoms with Crippen LogP contribution in [0.3, 0.4) is 0 Å². The van der Waals surface area contributed by atoms with Gasteiger partial charge in [-0.3, -0.25) is 4.79 Å². The van der Waals surface area contributed by atoms with E-state index >= 15 is 0 Å². The van der Waals surface area contributed by atoms with Crippen molar-refractivity contribution in [3.8, 4) is 0 Å². The molecule has 0 bridgehead atoms. The van der Waals surface area contributed by atoms with Gasteiger partial charge in [0.2, 0.25) is 5.91 Å². The first-order valence-corrected chi connectivity index (χ1v) is 9.83. The van der Waals surface area contributed by atoms with E-state index in [2.05, 4.69) is 0 Å². The van der Waals surface area contributed by atoms with E-state index in [0.717, 1.165) is 18.2 Å². The van der Waals surface area contributed by atoms with Gasteiger partial charge in [-0.2, -0.15) is 0 Å². The average Bonchev–Trinajstić information content (AvgIpc) is 2.46. The fourth-order valence-electron chi connectivity index (χ4n) is 2.87. The summed E-state index contributed by atoms with van der Waals surface area (Å²) in [6.07, 6.45) is 1.22. The van der Waals surface area contributed by atoms with Gasteiger partial charge in [-0.1, -0.05) is 0 Å². The highest BCUT2D eigenvalue weighted by Gasteiger charge is 2.28. The SMILES string of the molecule is CC(C)S(=O)(=O)CC1CCN(C(=O)Cc2cc(F)cc(F)c2)CC1. The van der Waals surface area contributed by atoms with E-state index in [1.807, 2.05) is 0 Å². The Hall–Kier alpha value is -1.50. The summed E-state index contributed by atoms with van der Waals surface area (Å²) < 4.78 is 50.3. The summed E-state index contributed by atoms with van der Waals surface area (Å²) >= 11 is 0. The lowest BCUT2D eigenvalue weighted by Gasteiger charge is -2.32. The normalized spacial score (nSPS) is 16.6. The molecule has 1 aromatic carbocycles. The van der Waals surface area contributed by atoms with Gasteiger partial charge in [-0.05, 0) is 50.3 Å². The minimum Gasteiger partial charge on any atom is -0.342 e. The first-order chi connectivity index (χ1) is 11.2. The molecule has 1 aliphatic heterocycles. The topological polar surface area (TPSA) is 54.5 Å². The number of hydrogen-bond donors (Lipinski definition) is 0. The molecule has 0 radical (unpaired) electrons. The third kappa shape index (κ3) is 5.00. The minimum absolute atomic E-state index is 0.0519. The predicted molar refractivity (Wildman–Crippen MR) is 88.3 cm³/mol. The van der Waals surface area contributed by atoms with E-state index in [0.29, 0.717) is 31.5 Å². The lowest BCUT2D eigenvalue weighted by atomic mass is 9.98. The molecule has 0 N–H and O–H groups in total.